The van der Waals surface area contributed by atoms with Crippen LogP contribution in [-0.2, 0) is 10.0 Å². The second-order valence-corrected chi connectivity index (χ2v) is 10.7. The van der Waals surface area contributed by atoms with Crippen LogP contribution in [0.15, 0.2) is 29.2 Å². The van der Waals surface area contributed by atoms with E-state index < -0.39 is 10.0 Å². The molecule has 0 aliphatic heterocycles. The van der Waals surface area contributed by atoms with Gasteiger partial charge >= 0.3 is 0 Å². The van der Waals surface area contributed by atoms with Crippen molar-refractivity contribution in [1.29, 1.82) is 0 Å². The number of hydrogen-bond donors (Lipinski definition) is 1. The van der Waals surface area contributed by atoms with Gasteiger partial charge in [-0.25, -0.2) is 8.42 Å². The van der Waals surface area contributed by atoms with E-state index in [9.17, 15) is 13.2 Å². The van der Waals surface area contributed by atoms with E-state index in [1.165, 1.54) is 16.8 Å². The molecule has 0 spiro atoms. The summed E-state index contributed by atoms with van der Waals surface area (Å²) in [6.07, 6.45) is 3.37. The fourth-order valence-corrected chi connectivity index (χ4v) is 6.68. The van der Waals surface area contributed by atoms with Crippen molar-refractivity contribution in [3.8, 4) is 0 Å². The number of nitrogens with one attached hydrogen (secondary N) is 1. The van der Waals surface area contributed by atoms with Crippen LogP contribution in [0.25, 0.3) is 0 Å². The number of carbonyl (C=O) groups is 1. The molecule has 0 aromatic heterocycles. The van der Waals surface area contributed by atoms with Gasteiger partial charge < -0.3 is 5.32 Å². The van der Waals surface area contributed by atoms with E-state index in [0.717, 1.165) is 12.8 Å². The summed E-state index contributed by atoms with van der Waals surface area (Å²) < 4.78 is 26.9. The molecular weight excluding hydrogens is 360 g/mol. The van der Waals surface area contributed by atoms with Crippen molar-refractivity contribution in [2.24, 2.45) is 16.7 Å². The van der Waals surface area contributed by atoms with Crippen molar-refractivity contribution < 1.29 is 13.2 Å². The molecule has 5 nitrogen and oxygen atoms in total. The summed E-state index contributed by atoms with van der Waals surface area (Å²) in [5.74, 6) is 0.461. The Morgan fingerprint density at radius 1 is 1.22 bits per heavy atom. The van der Waals surface area contributed by atoms with Gasteiger partial charge in [-0.05, 0) is 54.2 Å². The van der Waals surface area contributed by atoms with E-state index in [1.807, 2.05) is 13.8 Å². The highest BCUT2D eigenvalue weighted by Crippen LogP contribution is 2.65. The highest BCUT2D eigenvalue weighted by molar-refractivity contribution is 7.89. The number of amides is 1. The van der Waals surface area contributed by atoms with Crippen LogP contribution < -0.4 is 5.32 Å². The molecule has 27 heavy (non-hydrogen) atoms. The highest BCUT2D eigenvalue weighted by Gasteiger charge is 2.61. The fraction of sp³-hybridized carbons (Fsp3) is 0.667. The zero-order valence-electron chi connectivity index (χ0n) is 17.1. The van der Waals surface area contributed by atoms with E-state index in [2.05, 4.69) is 26.1 Å². The molecule has 1 aromatic carbocycles. The Morgan fingerprint density at radius 2 is 1.89 bits per heavy atom. The molecule has 2 fully saturated rings. The van der Waals surface area contributed by atoms with Gasteiger partial charge in [-0.1, -0.05) is 40.7 Å². The Balaban J connectivity index is 1.81. The molecule has 6 heteroatoms. The van der Waals surface area contributed by atoms with Crippen LogP contribution in [0.3, 0.4) is 0 Å². The monoisotopic (exact) mass is 392 g/mol. The molecule has 3 unspecified atom stereocenters. The van der Waals surface area contributed by atoms with Crippen molar-refractivity contribution in [1.82, 2.24) is 9.62 Å². The van der Waals surface area contributed by atoms with Crippen LogP contribution in [0.1, 0.15) is 64.2 Å². The third-order valence-corrected chi connectivity index (χ3v) is 9.58. The smallest absolute Gasteiger partial charge is 0.251 e. The van der Waals surface area contributed by atoms with E-state index >= 15 is 0 Å². The lowest BCUT2D eigenvalue weighted by molar-refractivity contribution is 0.0826. The number of sulfonamides is 1. The lowest BCUT2D eigenvalue weighted by Crippen LogP contribution is -2.46. The minimum Gasteiger partial charge on any atom is -0.349 e. The summed E-state index contributed by atoms with van der Waals surface area (Å²) in [5, 5.41) is 3.21. The Hall–Kier alpha value is -1.40. The lowest BCUT2D eigenvalue weighted by Gasteiger charge is -2.39. The number of nitrogens with zero attached hydrogens (tertiary/aromatic N) is 1. The van der Waals surface area contributed by atoms with Crippen molar-refractivity contribution >= 4 is 15.9 Å². The van der Waals surface area contributed by atoms with Gasteiger partial charge in [0.1, 0.15) is 0 Å². The van der Waals surface area contributed by atoms with Gasteiger partial charge in [0.25, 0.3) is 5.91 Å². The van der Waals surface area contributed by atoms with Crippen LogP contribution in [0, 0.1) is 16.7 Å². The summed E-state index contributed by atoms with van der Waals surface area (Å²) in [4.78, 5) is 13.1. The molecule has 150 valence electrons. The number of rotatable bonds is 6. The molecule has 3 atom stereocenters. The van der Waals surface area contributed by atoms with Crippen LogP contribution in [-0.4, -0.2) is 37.8 Å². The minimum atomic E-state index is -3.57. The maximum Gasteiger partial charge on any atom is 0.251 e. The van der Waals surface area contributed by atoms with Crippen molar-refractivity contribution in [2.75, 3.05) is 13.1 Å². The summed E-state index contributed by atoms with van der Waals surface area (Å²) in [7, 11) is -3.57. The number of carbonyl (C=O) groups excluding carboxylic acids is 1. The third-order valence-electron chi connectivity index (χ3n) is 7.54. The number of hydrogen-bond acceptors (Lipinski definition) is 3. The molecule has 1 amide bonds. The Labute approximate surface area is 163 Å². The molecule has 2 aliphatic rings. The lowest BCUT2D eigenvalue weighted by atomic mass is 9.69. The van der Waals surface area contributed by atoms with E-state index in [1.54, 1.807) is 18.2 Å². The van der Waals surface area contributed by atoms with Crippen LogP contribution in [0.2, 0.25) is 0 Å². The molecular formula is C21H32N2O3S. The molecule has 3 rings (SSSR count). The topological polar surface area (TPSA) is 66.5 Å². The van der Waals surface area contributed by atoms with Crippen molar-refractivity contribution in [3.63, 3.8) is 0 Å². The average molecular weight is 393 g/mol. The summed E-state index contributed by atoms with van der Waals surface area (Å²) in [6.45, 7) is 11.4. The Kier molecular flexibility index (Phi) is 5.19. The van der Waals surface area contributed by atoms with Gasteiger partial charge in [0, 0.05) is 24.7 Å². The van der Waals surface area contributed by atoms with E-state index in [-0.39, 0.29) is 27.7 Å². The number of benzene rings is 1. The standard InChI is InChI=1S/C21H32N2O3S/c1-6-23(7-2)27(25,26)17-10-8-9-15(13-17)19(24)22-18-14-16-11-12-21(18,5)20(16,3)4/h8-10,13,16,18H,6-7,11-12,14H2,1-5H3,(H,22,24). The zero-order valence-corrected chi connectivity index (χ0v) is 17.9. The quantitative estimate of drug-likeness (QED) is 0.803. The summed E-state index contributed by atoms with van der Waals surface area (Å²) in [6, 6.07) is 6.55. The summed E-state index contributed by atoms with van der Waals surface area (Å²) >= 11 is 0. The minimum absolute atomic E-state index is 0.0955. The van der Waals surface area contributed by atoms with Gasteiger partial charge in [0.2, 0.25) is 10.0 Å². The Morgan fingerprint density at radius 3 is 2.41 bits per heavy atom. The maximum absolute atomic E-state index is 12.9. The molecule has 0 saturated heterocycles. The van der Waals surface area contributed by atoms with Gasteiger partial charge in [0.15, 0.2) is 0 Å². The molecule has 2 aliphatic carbocycles. The molecule has 1 N–H and O–H groups in total. The first-order valence-corrected chi connectivity index (χ1v) is 11.4. The first kappa shape index (κ1) is 20.3. The maximum atomic E-state index is 12.9. The van der Waals surface area contributed by atoms with Gasteiger partial charge in [-0.15, -0.1) is 0 Å². The van der Waals surface area contributed by atoms with E-state index in [0.29, 0.717) is 24.6 Å². The van der Waals surface area contributed by atoms with Crippen LogP contribution in [0.5, 0.6) is 0 Å². The SMILES string of the molecule is CCN(CC)S(=O)(=O)c1cccc(C(=O)NC2CC3CCC2(C)C3(C)C)c1. The van der Waals surface area contributed by atoms with Crippen molar-refractivity contribution in [2.45, 2.75) is 64.8 Å². The van der Waals surface area contributed by atoms with E-state index in [4.69, 9.17) is 0 Å². The zero-order chi connectivity index (χ0) is 20.0. The first-order chi connectivity index (χ1) is 12.6. The Bertz CT molecular complexity index is 830. The molecule has 0 radical (unpaired) electrons. The largest absolute Gasteiger partial charge is 0.349 e. The van der Waals surface area contributed by atoms with Gasteiger partial charge in [-0.3, -0.25) is 4.79 Å². The fourth-order valence-electron chi connectivity index (χ4n) is 5.17. The molecule has 1 aromatic rings. The average Bonchev–Trinajstić information content (AvgIpc) is 2.96. The van der Waals surface area contributed by atoms with Crippen LogP contribution >= 0.6 is 0 Å². The van der Waals surface area contributed by atoms with Gasteiger partial charge in [-0.2, -0.15) is 4.31 Å². The van der Waals surface area contributed by atoms with Crippen molar-refractivity contribution in [3.05, 3.63) is 29.8 Å². The second kappa shape index (κ2) is 6.89. The highest BCUT2D eigenvalue weighted by atomic mass is 32.2. The molecule has 2 saturated carbocycles. The molecule has 0 heterocycles. The predicted molar refractivity (Wildman–Crippen MR) is 107 cm³/mol. The first-order valence-electron chi connectivity index (χ1n) is 9.99. The molecule has 2 bridgehead atoms. The number of fused-ring (bicyclic) bond motifs is 2. The summed E-state index contributed by atoms with van der Waals surface area (Å²) in [5.41, 5.74) is 0.726. The van der Waals surface area contributed by atoms with Gasteiger partial charge in [0.05, 0.1) is 4.90 Å². The van der Waals surface area contributed by atoms with Crippen LogP contribution in [0.4, 0.5) is 0 Å². The second-order valence-electron chi connectivity index (χ2n) is 8.75. The third kappa shape index (κ3) is 3.11. The normalized spacial score (nSPS) is 29.3. The predicted octanol–water partition coefficient (Wildman–Crippen LogP) is 3.66.